The van der Waals surface area contributed by atoms with Crippen molar-refractivity contribution in [1.82, 2.24) is 0 Å². The van der Waals surface area contributed by atoms with Crippen LogP contribution in [0.15, 0.2) is 108 Å². The number of hydrogen-bond acceptors (Lipinski definition) is 5. The SMILES string of the molecule is Cc1ccc(NS(=O)(=O)c2ccc(C)c(C(=O)OC(C(=O)c3ccccc3)c3ccccc3)c2)cc1. The van der Waals surface area contributed by atoms with Crippen molar-refractivity contribution in [2.24, 2.45) is 0 Å². The maximum absolute atomic E-state index is 13.3. The first-order valence-corrected chi connectivity index (χ1v) is 12.8. The molecule has 182 valence electrons. The molecule has 4 aromatic rings. The lowest BCUT2D eigenvalue weighted by Gasteiger charge is -2.18. The second kappa shape index (κ2) is 10.6. The fraction of sp³-hybridized carbons (Fsp3) is 0.103. The number of nitrogens with one attached hydrogen (secondary N) is 1. The average molecular weight is 500 g/mol. The summed E-state index contributed by atoms with van der Waals surface area (Å²) < 4.78 is 34.2. The summed E-state index contributed by atoms with van der Waals surface area (Å²) in [5.74, 6) is -1.17. The molecule has 6 nitrogen and oxygen atoms in total. The molecule has 0 aliphatic carbocycles. The Labute approximate surface area is 210 Å². The second-order valence-corrected chi connectivity index (χ2v) is 10.1. The molecule has 1 atom stereocenters. The summed E-state index contributed by atoms with van der Waals surface area (Å²) >= 11 is 0. The molecule has 0 bridgehead atoms. The van der Waals surface area contributed by atoms with Gasteiger partial charge in [0.2, 0.25) is 5.78 Å². The highest BCUT2D eigenvalue weighted by atomic mass is 32.2. The number of carbonyl (C=O) groups is 2. The predicted octanol–water partition coefficient (Wildman–Crippen LogP) is 5.89. The van der Waals surface area contributed by atoms with Crippen LogP contribution in [0.4, 0.5) is 5.69 Å². The van der Waals surface area contributed by atoms with Crippen LogP contribution >= 0.6 is 0 Å². The zero-order valence-electron chi connectivity index (χ0n) is 19.8. The lowest BCUT2D eigenvalue weighted by Crippen LogP contribution is -2.21. The van der Waals surface area contributed by atoms with Gasteiger partial charge in [-0.15, -0.1) is 0 Å². The van der Waals surface area contributed by atoms with E-state index in [1.165, 1.54) is 18.2 Å². The predicted molar refractivity (Wildman–Crippen MR) is 139 cm³/mol. The van der Waals surface area contributed by atoms with Crippen molar-refractivity contribution in [2.75, 3.05) is 4.72 Å². The Hall–Kier alpha value is -4.23. The Balaban J connectivity index is 1.64. The van der Waals surface area contributed by atoms with Crippen LogP contribution in [0.2, 0.25) is 0 Å². The minimum absolute atomic E-state index is 0.0589. The Morgan fingerprint density at radius 1 is 0.778 bits per heavy atom. The van der Waals surface area contributed by atoms with E-state index in [0.29, 0.717) is 22.4 Å². The molecule has 0 fully saturated rings. The second-order valence-electron chi connectivity index (χ2n) is 8.37. The van der Waals surface area contributed by atoms with Crippen LogP contribution in [-0.4, -0.2) is 20.2 Å². The minimum Gasteiger partial charge on any atom is -0.445 e. The van der Waals surface area contributed by atoms with Gasteiger partial charge in [-0.25, -0.2) is 13.2 Å². The summed E-state index contributed by atoms with van der Waals surface area (Å²) in [5.41, 5.74) is 2.90. The van der Waals surface area contributed by atoms with E-state index in [2.05, 4.69) is 4.72 Å². The van der Waals surface area contributed by atoms with Gasteiger partial charge in [0.05, 0.1) is 10.5 Å². The zero-order chi connectivity index (χ0) is 25.7. The third-order valence-electron chi connectivity index (χ3n) is 5.67. The summed E-state index contributed by atoms with van der Waals surface area (Å²) in [6, 6.07) is 28.4. The smallest absolute Gasteiger partial charge is 0.339 e. The highest BCUT2D eigenvalue weighted by Gasteiger charge is 2.28. The van der Waals surface area contributed by atoms with Crippen molar-refractivity contribution in [1.29, 1.82) is 0 Å². The van der Waals surface area contributed by atoms with Crippen LogP contribution in [0.25, 0.3) is 0 Å². The molecule has 0 saturated carbocycles. The number of aryl methyl sites for hydroxylation is 2. The summed E-state index contributed by atoms with van der Waals surface area (Å²) in [5, 5.41) is 0. The van der Waals surface area contributed by atoms with Gasteiger partial charge in [-0.1, -0.05) is 84.4 Å². The highest BCUT2D eigenvalue weighted by molar-refractivity contribution is 7.92. The first kappa shape index (κ1) is 24.9. The number of carbonyl (C=O) groups excluding carboxylic acids is 2. The lowest BCUT2D eigenvalue weighted by atomic mass is 9.99. The lowest BCUT2D eigenvalue weighted by molar-refractivity contribution is 0.0279. The molecule has 0 aliphatic rings. The van der Waals surface area contributed by atoms with Gasteiger partial charge in [-0.3, -0.25) is 9.52 Å². The summed E-state index contributed by atoms with van der Waals surface area (Å²) in [7, 11) is -3.96. The van der Waals surface area contributed by atoms with Gasteiger partial charge < -0.3 is 4.74 Å². The fourth-order valence-electron chi connectivity index (χ4n) is 3.65. The largest absolute Gasteiger partial charge is 0.445 e. The minimum atomic E-state index is -3.96. The maximum Gasteiger partial charge on any atom is 0.339 e. The molecule has 0 spiro atoms. The summed E-state index contributed by atoms with van der Waals surface area (Å²) in [6.45, 7) is 3.58. The fourth-order valence-corrected chi connectivity index (χ4v) is 4.73. The Bertz CT molecular complexity index is 1480. The van der Waals surface area contributed by atoms with Crippen LogP contribution in [0.5, 0.6) is 0 Å². The van der Waals surface area contributed by atoms with Gasteiger partial charge in [0.15, 0.2) is 6.10 Å². The van der Waals surface area contributed by atoms with E-state index in [4.69, 9.17) is 4.74 Å². The number of Topliss-reactive ketones (excluding diaryl/α,β-unsaturated/α-hetero) is 1. The molecule has 4 rings (SSSR count). The van der Waals surface area contributed by atoms with Crippen LogP contribution in [-0.2, 0) is 14.8 Å². The zero-order valence-corrected chi connectivity index (χ0v) is 20.7. The normalized spacial score (nSPS) is 11.9. The van der Waals surface area contributed by atoms with Crippen LogP contribution < -0.4 is 4.72 Å². The van der Waals surface area contributed by atoms with E-state index in [1.54, 1.807) is 91.9 Å². The molecule has 1 N–H and O–H groups in total. The molecular formula is C29H25NO5S. The third kappa shape index (κ3) is 5.70. The van der Waals surface area contributed by atoms with Crippen molar-refractivity contribution in [3.05, 3.63) is 131 Å². The summed E-state index contributed by atoms with van der Waals surface area (Å²) in [4.78, 5) is 26.4. The maximum atomic E-state index is 13.3. The van der Waals surface area contributed by atoms with E-state index in [9.17, 15) is 18.0 Å². The molecule has 0 saturated heterocycles. The first-order chi connectivity index (χ1) is 17.2. The molecule has 0 radical (unpaired) electrons. The molecule has 1 unspecified atom stereocenters. The van der Waals surface area contributed by atoms with Crippen molar-refractivity contribution in [3.63, 3.8) is 0 Å². The van der Waals surface area contributed by atoms with Crippen molar-refractivity contribution in [2.45, 2.75) is 24.8 Å². The Morgan fingerprint density at radius 3 is 2.03 bits per heavy atom. The molecule has 4 aromatic carbocycles. The number of anilines is 1. The van der Waals surface area contributed by atoms with E-state index < -0.39 is 22.1 Å². The number of esters is 1. The number of ether oxygens (including phenoxy) is 1. The Morgan fingerprint density at radius 2 is 1.39 bits per heavy atom. The molecular weight excluding hydrogens is 474 g/mol. The third-order valence-corrected chi connectivity index (χ3v) is 7.05. The molecule has 0 amide bonds. The van der Waals surface area contributed by atoms with Gasteiger partial charge in [0.1, 0.15) is 0 Å². The van der Waals surface area contributed by atoms with Gasteiger partial charge in [-0.2, -0.15) is 0 Å². The first-order valence-electron chi connectivity index (χ1n) is 11.3. The Kier molecular flexibility index (Phi) is 7.31. The van der Waals surface area contributed by atoms with E-state index >= 15 is 0 Å². The molecule has 36 heavy (non-hydrogen) atoms. The van der Waals surface area contributed by atoms with E-state index in [1.807, 2.05) is 6.92 Å². The quantitative estimate of drug-likeness (QED) is 0.241. The van der Waals surface area contributed by atoms with Crippen molar-refractivity contribution >= 4 is 27.5 Å². The van der Waals surface area contributed by atoms with Crippen LogP contribution in [0.1, 0.15) is 43.5 Å². The average Bonchev–Trinajstić information content (AvgIpc) is 2.89. The molecule has 7 heteroatoms. The van der Waals surface area contributed by atoms with Crippen molar-refractivity contribution < 1.29 is 22.7 Å². The van der Waals surface area contributed by atoms with Gasteiger partial charge in [-0.05, 0) is 43.7 Å². The standard InChI is InChI=1S/C29H25NO5S/c1-20-13-16-24(17-14-20)30-36(33,34)25-18-15-21(2)26(19-25)29(32)35-28(23-11-7-4-8-12-23)27(31)22-9-5-3-6-10-22/h3-19,28,30H,1-2H3. The molecule has 0 aliphatic heterocycles. The molecule has 0 aromatic heterocycles. The number of ketones is 1. The van der Waals surface area contributed by atoms with Gasteiger partial charge in [0, 0.05) is 16.8 Å². The highest BCUT2D eigenvalue weighted by Crippen LogP contribution is 2.26. The van der Waals surface area contributed by atoms with Crippen molar-refractivity contribution in [3.8, 4) is 0 Å². The van der Waals surface area contributed by atoms with Gasteiger partial charge in [0.25, 0.3) is 10.0 Å². The van der Waals surface area contributed by atoms with E-state index in [0.717, 1.165) is 5.56 Å². The molecule has 0 heterocycles. The van der Waals surface area contributed by atoms with Gasteiger partial charge >= 0.3 is 5.97 Å². The topological polar surface area (TPSA) is 89.5 Å². The number of rotatable bonds is 8. The number of benzene rings is 4. The number of hydrogen-bond donors (Lipinski definition) is 1. The monoisotopic (exact) mass is 499 g/mol. The number of sulfonamides is 1. The van der Waals surface area contributed by atoms with Crippen LogP contribution in [0, 0.1) is 13.8 Å². The summed E-state index contributed by atoms with van der Waals surface area (Å²) in [6.07, 6.45) is -1.19. The van der Waals surface area contributed by atoms with Crippen LogP contribution in [0.3, 0.4) is 0 Å². The van der Waals surface area contributed by atoms with E-state index in [-0.39, 0.29) is 16.2 Å².